The van der Waals surface area contributed by atoms with Crippen molar-refractivity contribution in [2.24, 2.45) is 0 Å². The summed E-state index contributed by atoms with van der Waals surface area (Å²) in [7, 11) is 0. The van der Waals surface area contributed by atoms with Gasteiger partial charge in [0.1, 0.15) is 5.82 Å². The minimum atomic E-state index is -0.147. The number of carbonyl (C=O) groups excluding carboxylic acids is 2. The van der Waals surface area contributed by atoms with Crippen molar-refractivity contribution in [3.8, 4) is 5.69 Å². The van der Waals surface area contributed by atoms with Crippen molar-refractivity contribution in [3.63, 3.8) is 0 Å². The van der Waals surface area contributed by atoms with Gasteiger partial charge in [-0.1, -0.05) is 36.4 Å². The normalized spacial score (nSPS) is 10.8. The van der Waals surface area contributed by atoms with E-state index in [0.717, 1.165) is 28.1 Å². The van der Waals surface area contributed by atoms with Gasteiger partial charge in [-0.15, -0.1) is 0 Å². The number of nitrogens with one attached hydrogen (secondary N) is 2. The standard InChI is InChI=1S/C25H24N4O2/c1-17-20(26-18(2)30)12-8-13-21(17)28-25(31)16-15-24-27-22-11-6-7-14-23(22)29(24)19-9-4-3-5-10-19/h3-14H,15-16H2,1-2H3,(H,26,30)(H,28,31). The molecule has 0 spiro atoms. The van der Waals surface area contributed by atoms with E-state index in [9.17, 15) is 9.59 Å². The van der Waals surface area contributed by atoms with Crippen LogP contribution in [0.4, 0.5) is 11.4 Å². The first-order valence-corrected chi connectivity index (χ1v) is 10.2. The molecule has 1 heterocycles. The van der Waals surface area contributed by atoms with Gasteiger partial charge in [-0.3, -0.25) is 14.2 Å². The second-order valence-corrected chi connectivity index (χ2v) is 7.40. The quantitative estimate of drug-likeness (QED) is 0.475. The molecule has 6 heteroatoms. The lowest BCUT2D eigenvalue weighted by atomic mass is 10.1. The van der Waals surface area contributed by atoms with Crippen molar-refractivity contribution in [2.45, 2.75) is 26.7 Å². The van der Waals surface area contributed by atoms with Crippen LogP contribution < -0.4 is 10.6 Å². The van der Waals surface area contributed by atoms with E-state index in [4.69, 9.17) is 4.98 Å². The van der Waals surface area contributed by atoms with Gasteiger partial charge >= 0.3 is 0 Å². The fourth-order valence-corrected chi connectivity index (χ4v) is 3.64. The van der Waals surface area contributed by atoms with Crippen LogP contribution >= 0.6 is 0 Å². The van der Waals surface area contributed by atoms with Gasteiger partial charge in [0.2, 0.25) is 11.8 Å². The molecule has 0 atom stereocenters. The van der Waals surface area contributed by atoms with Crippen LogP contribution in [0, 0.1) is 6.92 Å². The Balaban J connectivity index is 1.54. The molecule has 0 saturated heterocycles. The molecule has 4 rings (SSSR count). The molecule has 0 fully saturated rings. The Morgan fingerprint density at radius 1 is 0.871 bits per heavy atom. The lowest BCUT2D eigenvalue weighted by Gasteiger charge is -2.13. The van der Waals surface area contributed by atoms with E-state index in [1.165, 1.54) is 6.92 Å². The summed E-state index contributed by atoms with van der Waals surface area (Å²) in [6.45, 7) is 3.33. The summed E-state index contributed by atoms with van der Waals surface area (Å²) in [6.07, 6.45) is 0.791. The summed E-state index contributed by atoms with van der Waals surface area (Å²) in [5.74, 6) is 0.590. The molecule has 0 unspecified atom stereocenters. The fraction of sp³-hybridized carbons (Fsp3) is 0.160. The van der Waals surface area contributed by atoms with Gasteiger partial charge in [0.25, 0.3) is 0 Å². The average Bonchev–Trinajstić information content (AvgIpc) is 3.14. The van der Waals surface area contributed by atoms with Gasteiger partial charge in [0, 0.05) is 36.8 Å². The lowest BCUT2D eigenvalue weighted by Crippen LogP contribution is -2.15. The lowest BCUT2D eigenvalue weighted by molar-refractivity contribution is -0.116. The van der Waals surface area contributed by atoms with Crippen LogP contribution in [0.25, 0.3) is 16.7 Å². The summed E-state index contributed by atoms with van der Waals surface area (Å²) in [5.41, 5.74) is 5.14. The number of hydrogen-bond acceptors (Lipinski definition) is 3. The van der Waals surface area contributed by atoms with Crippen LogP contribution in [0.1, 0.15) is 24.7 Å². The highest BCUT2D eigenvalue weighted by Crippen LogP contribution is 2.25. The molecule has 31 heavy (non-hydrogen) atoms. The number of aromatic nitrogens is 2. The van der Waals surface area contributed by atoms with Crippen LogP contribution in [-0.4, -0.2) is 21.4 Å². The van der Waals surface area contributed by atoms with Crippen LogP contribution in [0.15, 0.2) is 72.8 Å². The second kappa shape index (κ2) is 8.83. The largest absolute Gasteiger partial charge is 0.326 e. The zero-order valence-corrected chi connectivity index (χ0v) is 17.6. The maximum Gasteiger partial charge on any atom is 0.224 e. The maximum absolute atomic E-state index is 12.7. The Kier molecular flexibility index (Phi) is 5.80. The summed E-state index contributed by atoms with van der Waals surface area (Å²) < 4.78 is 2.10. The number of carbonyl (C=O) groups is 2. The van der Waals surface area contributed by atoms with Crippen LogP contribution in [0.3, 0.4) is 0 Å². The molecule has 0 bridgehead atoms. The van der Waals surface area contributed by atoms with E-state index in [0.29, 0.717) is 24.2 Å². The van der Waals surface area contributed by atoms with Crippen molar-refractivity contribution in [2.75, 3.05) is 10.6 Å². The second-order valence-electron chi connectivity index (χ2n) is 7.40. The number of fused-ring (bicyclic) bond motifs is 1. The third kappa shape index (κ3) is 4.48. The monoisotopic (exact) mass is 412 g/mol. The zero-order valence-electron chi connectivity index (χ0n) is 17.6. The molecule has 6 nitrogen and oxygen atoms in total. The van der Waals surface area contributed by atoms with E-state index in [-0.39, 0.29) is 11.8 Å². The van der Waals surface area contributed by atoms with Crippen LogP contribution in [-0.2, 0) is 16.0 Å². The topological polar surface area (TPSA) is 76.0 Å². The summed E-state index contributed by atoms with van der Waals surface area (Å²) in [5, 5.41) is 5.74. The molecule has 4 aromatic rings. The molecule has 2 N–H and O–H groups in total. The molecule has 2 amide bonds. The number of imidazole rings is 1. The summed E-state index contributed by atoms with van der Waals surface area (Å²) in [4.78, 5) is 28.8. The van der Waals surface area contributed by atoms with Gasteiger partial charge in [-0.05, 0) is 48.9 Å². The number of nitrogens with zero attached hydrogens (tertiary/aromatic N) is 2. The molecular weight excluding hydrogens is 388 g/mol. The number of amides is 2. The van der Waals surface area contributed by atoms with Crippen molar-refractivity contribution in [1.29, 1.82) is 0 Å². The van der Waals surface area contributed by atoms with E-state index >= 15 is 0 Å². The Labute approximate surface area is 180 Å². The van der Waals surface area contributed by atoms with E-state index in [2.05, 4.69) is 15.2 Å². The van der Waals surface area contributed by atoms with Crippen LogP contribution in [0.5, 0.6) is 0 Å². The Hall–Kier alpha value is -3.93. The molecule has 1 aromatic heterocycles. The van der Waals surface area contributed by atoms with E-state index in [1.807, 2.05) is 79.7 Å². The number of benzene rings is 3. The van der Waals surface area contributed by atoms with Gasteiger partial charge in [0.15, 0.2) is 0 Å². The minimum absolute atomic E-state index is 0.102. The predicted octanol–water partition coefficient (Wildman–Crippen LogP) is 4.86. The highest BCUT2D eigenvalue weighted by molar-refractivity contribution is 5.95. The van der Waals surface area contributed by atoms with E-state index < -0.39 is 0 Å². The number of rotatable bonds is 6. The zero-order chi connectivity index (χ0) is 21.8. The molecular formula is C25H24N4O2. The molecule has 0 radical (unpaired) electrons. The molecule has 0 aliphatic carbocycles. The van der Waals surface area contributed by atoms with Crippen LogP contribution in [0.2, 0.25) is 0 Å². The van der Waals surface area contributed by atoms with Gasteiger partial charge in [-0.2, -0.15) is 0 Å². The van der Waals surface area contributed by atoms with Crippen molar-refractivity contribution in [1.82, 2.24) is 9.55 Å². The number of anilines is 2. The first kappa shape index (κ1) is 20.3. The molecule has 0 aliphatic heterocycles. The minimum Gasteiger partial charge on any atom is -0.326 e. The van der Waals surface area contributed by atoms with Gasteiger partial charge in [0.05, 0.1) is 11.0 Å². The third-order valence-electron chi connectivity index (χ3n) is 5.14. The Bertz CT molecular complexity index is 1250. The number of para-hydroxylation sites is 3. The highest BCUT2D eigenvalue weighted by atomic mass is 16.2. The fourth-order valence-electron chi connectivity index (χ4n) is 3.64. The number of aryl methyl sites for hydroxylation is 1. The van der Waals surface area contributed by atoms with Gasteiger partial charge in [-0.25, -0.2) is 4.98 Å². The average molecular weight is 412 g/mol. The summed E-state index contributed by atoms with van der Waals surface area (Å²) in [6, 6.07) is 23.5. The van der Waals surface area contributed by atoms with Crippen molar-refractivity contribution >= 4 is 34.2 Å². The first-order valence-electron chi connectivity index (χ1n) is 10.2. The molecule has 0 saturated carbocycles. The smallest absolute Gasteiger partial charge is 0.224 e. The summed E-state index contributed by atoms with van der Waals surface area (Å²) >= 11 is 0. The Morgan fingerprint density at radius 2 is 1.55 bits per heavy atom. The van der Waals surface area contributed by atoms with Gasteiger partial charge < -0.3 is 10.6 Å². The third-order valence-corrected chi connectivity index (χ3v) is 5.14. The molecule has 3 aromatic carbocycles. The van der Waals surface area contributed by atoms with E-state index in [1.54, 1.807) is 0 Å². The predicted molar refractivity (Wildman–Crippen MR) is 124 cm³/mol. The molecule has 0 aliphatic rings. The molecule has 156 valence electrons. The van der Waals surface area contributed by atoms with Crippen molar-refractivity contribution < 1.29 is 9.59 Å². The SMILES string of the molecule is CC(=O)Nc1cccc(NC(=O)CCc2nc3ccccc3n2-c2ccccc2)c1C. The van der Waals surface area contributed by atoms with Crippen molar-refractivity contribution in [3.05, 3.63) is 84.2 Å². The Morgan fingerprint density at radius 3 is 2.29 bits per heavy atom. The maximum atomic E-state index is 12.7. The number of hydrogen-bond donors (Lipinski definition) is 2. The highest BCUT2D eigenvalue weighted by Gasteiger charge is 2.14. The first-order chi connectivity index (χ1) is 15.0.